The fourth-order valence-corrected chi connectivity index (χ4v) is 2.12. The predicted molar refractivity (Wildman–Crippen MR) is 68.0 cm³/mol. The minimum absolute atomic E-state index is 0.393. The normalized spacial score (nSPS) is 21.6. The van der Waals surface area contributed by atoms with Gasteiger partial charge in [0.15, 0.2) is 0 Å². The van der Waals surface area contributed by atoms with Gasteiger partial charge in [-0.2, -0.15) is 0 Å². The Hall–Kier alpha value is -0.900. The smallest absolute Gasteiger partial charge is 0.0645 e. The standard InChI is InChI=1S/C14H21NO2/c1-2-16-11-14-12-17-9-8-15(14)10-13-6-4-3-5-7-13/h3-7,14H,2,8-12H2,1H3. The Morgan fingerprint density at radius 3 is 2.94 bits per heavy atom. The van der Waals surface area contributed by atoms with Crippen LogP contribution in [-0.4, -0.2) is 43.9 Å². The summed E-state index contributed by atoms with van der Waals surface area (Å²) in [6, 6.07) is 11.0. The molecule has 94 valence electrons. The van der Waals surface area contributed by atoms with Gasteiger partial charge in [-0.15, -0.1) is 0 Å². The molecule has 3 nitrogen and oxygen atoms in total. The van der Waals surface area contributed by atoms with Gasteiger partial charge >= 0.3 is 0 Å². The van der Waals surface area contributed by atoms with Crippen molar-refractivity contribution in [2.24, 2.45) is 0 Å². The number of hydrogen-bond donors (Lipinski definition) is 0. The third-order valence-corrected chi connectivity index (χ3v) is 3.09. The highest BCUT2D eigenvalue weighted by atomic mass is 16.5. The van der Waals surface area contributed by atoms with E-state index >= 15 is 0 Å². The van der Waals surface area contributed by atoms with Crippen LogP contribution in [0.15, 0.2) is 30.3 Å². The summed E-state index contributed by atoms with van der Waals surface area (Å²) in [5.41, 5.74) is 1.36. The average Bonchev–Trinajstić information content (AvgIpc) is 2.39. The van der Waals surface area contributed by atoms with Crippen LogP contribution in [0, 0.1) is 0 Å². The largest absolute Gasteiger partial charge is 0.380 e. The maximum Gasteiger partial charge on any atom is 0.0645 e. The molecule has 1 atom stereocenters. The first-order valence-electron chi connectivity index (χ1n) is 6.33. The molecule has 17 heavy (non-hydrogen) atoms. The summed E-state index contributed by atoms with van der Waals surface area (Å²) in [7, 11) is 0. The van der Waals surface area contributed by atoms with Crippen molar-refractivity contribution in [1.82, 2.24) is 4.90 Å². The Morgan fingerprint density at radius 2 is 2.18 bits per heavy atom. The Bertz CT molecular complexity index is 315. The van der Waals surface area contributed by atoms with Crippen LogP contribution in [0.2, 0.25) is 0 Å². The summed E-state index contributed by atoms with van der Waals surface area (Å²) in [6.07, 6.45) is 0. The highest BCUT2D eigenvalue weighted by molar-refractivity contribution is 5.14. The van der Waals surface area contributed by atoms with Crippen molar-refractivity contribution < 1.29 is 9.47 Å². The van der Waals surface area contributed by atoms with E-state index in [-0.39, 0.29) is 0 Å². The van der Waals surface area contributed by atoms with E-state index in [1.54, 1.807) is 0 Å². The number of morpholine rings is 1. The molecule has 1 fully saturated rings. The summed E-state index contributed by atoms with van der Waals surface area (Å²) in [5, 5.41) is 0. The van der Waals surface area contributed by atoms with E-state index in [4.69, 9.17) is 9.47 Å². The fraction of sp³-hybridized carbons (Fsp3) is 0.571. The minimum atomic E-state index is 0.393. The lowest BCUT2D eigenvalue weighted by Gasteiger charge is -2.35. The summed E-state index contributed by atoms with van der Waals surface area (Å²) < 4.78 is 11.0. The molecule has 3 heteroatoms. The molecule has 0 saturated carbocycles. The Kier molecular flexibility index (Phi) is 4.98. The summed E-state index contributed by atoms with van der Waals surface area (Å²) >= 11 is 0. The van der Waals surface area contributed by atoms with E-state index < -0.39 is 0 Å². The molecule has 1 aliphatic heterocycles. The Balaban J connectivity index is 1.92. The molecule has 2 rings (SSSR count). The van der Waals surface area contributed by atoms with Crippen molar-refractivity contribution in [2.45, 2.75) is 19.5 Å². The van der Waals surface area contributed by atoms with Crippen molar-refractivity contribution in [1.29, 1.82) is 0 Å². The molecule has 1 aromatic rings. The summed E-state index contributed by atoms with van der Waals surface area (Å²) in [5.74, 6) is 0. The zero-order valence-electron chi connectivity index (χ0n) is 10.5. The van der Waals surface area contributed by atoms with E-state index in [2.05, 4.69) is 35.2 Å². The zero-order chi connectivity index (χ0) is 11.9. The number of benzene rings is 1. The number of hydrogen-bond acceptors (Lipinski definition) is 3. The van der Waals surface area contributed by atoms with Crippen molar-refractivity contribution in [2.75, 3.05) is 33.0 Å². The molecule has 1 unspecified atom stereocenters. The van der Waals surface area contributed by atoms with Gasteiger partial charge in [0, 0.05) is 19.7 Å². The third kappa shape index (κ3) is 3.80. The topological polar surface area (TPSA) is 21.7 Å². The van der Waals surface area contributed by atoms with Gasteiger partial charge in [0.1, 0.15) is 0 Å². The zero-order valence-corrected chi connectivity index (χ0v) is 10.5. The molecule has 1 aromatic carbocycles. The van der Waals surface area contributed by atoms with Crippen molar-refractivity contribution in [3.63, 3.8) is 0 Å². The van der Waals surface area contributed by atoms with E-state index in [1.165, 1.54) is 5.56 Å². The van der Waals surface area contributed by atoms with Crippen LogP contribution in [-0.2, 0) is 16.0 Å². The number of rotatable bonds is 5. The lowest BCUT2D eigenvalue weighted by Crippen LogP contribution is -2.47. The SMILES string of the molecule is CCOCC1COCCN1Cc1ccccc1. The van der Waals surface area contributed by atoms with Crippen LogP contribution in [0.1, 0.15) is 12.5 Å². The van der Waals surface area contributed by atoms with Gasteiger partial charge < -0.3 is 9.47 Å². The highest BCUT2D eigenvalue weighted by Gasteiger charge is 2.22. The summed E-state index contributed by atoms with van der Waals surface area (Å²) in [6.45, 7) is 7.17. The average molecular weight is 235 g/mol. The van der Waals surface area contributed by atoms with Crippen molar-refractivity contribution in [3.8, 4) is 0 Å². The monoisotopic (exact) mass is 235 g/mol. The molecule has 1 saturated heterocycles. The fourth-order valence-electron chi connectivity index (χ4n) is 2.12. The predicted octanol–water partition coefficient (Wildman–Crippen LogP) is 1.92. The first-order chi connectivity index (χ1) is 8.40. The van der Waals surface area contributed by atoms with Crippen LogP contribution >= 0.6 is 0 Å². The van der Waals surface area contributed by atoms with Crippen LogP contribution in [0.4, 0.5) is 0 Å². The van der Waals surface area contributed by atoms with Gasteiger partial charge in [0.2, 0.25) is 0 Å². The number of nitrogens with zero attached hydrogens (tertiary/aromatic N) is 1. The van der Waals surface area contributed by atoms with Gasteiger partial charge in [-0.3, -0.25) is 4.90 Å². The van der Waals surface area contributed by atoms with Gasteiger partial charge in [-0.05, 0) is 12.5 Å². The van der Waals surface area contributed by atoms with Crippen molar-refractivity contribution in [3.05, 3.63) is 35.9 Å². The van der Waals surface area contributed by atoms with E-state index in [1.807, 2.05) is 6.92 Å². The molecule has 0 N–H and O–H groups in total. The van der Waals surface area contributed by atoms with Crippen LogP contribution < -0.4 is 0 Å². The van der Waals surface area contributed by atoms with Gasteiger partial charge in [-0.25, -0.2) is 0 Å². The van der Waals surface area contributed by atoms with Gasteiger partial charge in [0.05, 0.1) is 25.9 Å². The van der Waals surface area contributed by atoms with E-state index in [0.29, 0.717) is 6.04 Å². The molecular weight excluding hydrogens is 214 g/mol. The molecule has 1 aliphatic rings. The lowest BCUT2D eigenvalue weighted by molar-refractivity contribution is -0.0448. The molecule has 0 radical (unpaired) electrons. The second-order valence-corrected chi connectivity index (χ2v) is 4.34. The van der Waals surface area contributed by atoms with Crippen LogP contribution in [0.25, 0.3) is 0 Å². The molecular formula is C14H21NO2. The first kappa shape index (κ1) is 12.6. The third-order valence-electron chi connectivity index (χ3n) is 3.09. The van der Waals surface area contributed by atoms with E-state index in [0.717, 1.165) is 39.5 Å². The molecule has 0 aliphatic carbocycles. The second kappa shape index (κ2) is 6.74. The van der Waals surface area contributed by atoms with E-state index in [9.17, 15) is 0 Å². The lowest BCUT2D eigenvalue weighted by atomic mass is 10.1. The van der Waals surface area contributed by atoms with Gasteiger partial charge in [0.25, 0.3) is 0 Å². The maximum atomic E-state index is 5.53. The Morgan fingerprint density at radius 1 is 1.35 bits per heavy atom. The van der Waals surface area contributed by atoms with Crippen LogP contribution in [0.5, 0.6) is 0 Å². The molecule has 0 bridgehead atoms. The van der Waals surface area contributed by atoms with Crippen LogP contribution in [0.3, 0.4) is 0 Å². The molecule has 0 aromatic heterocycles. The molecule has 1 heterocycles. The van der Waals surface area contributed by atoms with Gasteiger partial charge in [-0.1, -0.05) is 30.3 Å². The number of ether oxygens (including phenoxy) is 2. The quantitative estimate of drug-likeness (QED) is 0.778. The minimum Gasteiger partial charge on any atom is -0.380 e. The van der Waals surface area contributed by atoms with Crippen molar-refractivity contribution >= 4 is 0 Å². The second-order valence-electron chi connectivity index (χ2n) is 4.34. The molecule has 0 spiro atoms. The summed E-state index contributed by atoms with van der Waals surface area (Å²) in [4.78, 5) is 2.45. The Labute approximate surface area is 103 Å². The first-order valence-corrected chi connectivity index (χ1v) is 6.33. The maximum absolute atomic E-state index is 5.53. The molecule has 0 amide bonds. The highest BCUT2D eigenvalue weighted by Crippen LogP contribution is 2.12.